The van der Waals surface area contributed by atoms with Crippen molar-refractivity contribution in [1.82, 2.24) is 5.32 Å². The molecule has 0 aliphatic heterocycles. The van der Waals surface area contributed by atoms with Gasteiger partial charge in [0.15, 0.2) is 0 Å². The van der Waals surface area contributed by atoms with Gasteiger partial charge >= 0.3 is 0 Å². The van der Waals surface area contributed by atoms with Gasteiger partial charge in [0, 0.05) is 6.04 Å². The molecule has 3 nitrogen and oxygen atoms in total. The maximum Gasteiger partial charge on any atom is 0.135 e. The fraction of sp³-hybridized carbons (Fsp3) is 0.294. The second-order valence-electron chi connectivity index (χ2n) is 4.80. The molecule has 0 radical (unpaired) electrons. The lowest BCUT2D eigenvalue weighted by molar-refractivity contribution is 0.393. The Kier molecular flexibility index (Phi) is 4.64. The number of benzene rings is 2. The summed E-state index contributed by atoms with van der Waals surface area (Å²) in [4.78, 5) is 0. The van der Waals surface area contributed by atoms with Crippen molar-refractivity contribution in [3.05, 3.63) is 53.6 Å². The minimum absolute atomic E-state index is 0.144. The quantitative estimate of drug-likeness (QED) is 0.889. The van der Waals surface area contributed by atoms with Crippen LogP contribution in [0.3, 0.4) is 0 Å². The molecule has 1 unspecified atom stereocenters. The van der Waals surface area contributed by atoms with Crippen molar-refractivity contribution in [2.45, 2.75) is 19.9 Å². The van der Waals surface area contributed by atoms with Crippen LogP contribution in [0.15, 0.2) is 42.5 Å². The van der Waals surface area contributed by atoms with E-state index in [-0.39, 0.29) is 6.04 Å². The van der Waals surface area contributed by atoms with Gasteiger partial charge in [0.1, 0.15) is 17.2 Å². The second kappa shape index (κ2) is 6.44. The molecule has 1 N–H and O–H groups in total. The predicted molar refractivity (Wildman–Crippen MR) is 81.7 cm³/mol. The first-order valence-electron chi connectivity index (χ1n) is 6.74. The Morgan fingerprint density at radius 3 is 2.40 bits per heavy atom. The number of aryl methyl sites for hydroxylation is 1. The molecule has 0 aromatic heterocycles. The van der Waals surface area contributed by atoms with Crippen LogP contribution < -0.4 is 14.8 Å². The number of rotatable bonds is 5. The highest BCUT2D eigenvalue weighted by Gasteiger charge is 2.16. The highest BCUT2D eigenvalue weighted by atomic mass is 16.5. The van der Waals surface area contributed by atoms with Crippen LogP contribution in [-0.4, -0.2) is 14.2 Å². The molecule has 2 aromatic carbocycles. The summed E-state index contributed by atoms with van der Waals surface area (Å²) in [5.41, 5.74) is 2.20. The maximum absolute atomic E-state index is 6.04. The first-order valence-corrected chi connectivity index (χ1v) is 6.74. The van der Waals surface area contributed by atoms with Crippen LogP contribution in [0.5, 0.6) is 17.2 Å². The summed E-state index contributed by atoms with van der Waals surface area (Å²) in [7, 11) is 3.60. The molecule has 0 aliphatic carbocycles. The van der Waals surface area contributed by atoms with E-state index >= 15 is 0 Å². The van der Waals surface area contributed by atoms with Gasteiger partial charge < -0.3 is 14.8 Å². The van der Waals surface area contributed by atoms with Crippen molar-refractivity contribution in [2.75, 3.05) is 14.2 Å². The minimum atomic E-state index is 0.144. The van der Waals surface area contributed by atoms with Crippen LogP contribution in [0, 0.1) is 6.92 Å². The van der Waals surface area contributed by atoms with E-state index in [0.29, 0.717) is 0 Å². The normalized spacial score (nSPS) is 12.0. The monoisotopic (exact) mass is 271 g/mol. The van der Waals surface area contributed by atoms with Gasteiger partial charge in [-0.1, -0.05) is 18.2 Å². The molecule has 0 spiro atoms. The summed E-state index contributed by atoms with van der Waals surface area (Å²) in [6, 6.07) is 14.0. The van der Waals surface area contributed by atoms with Crippen molar-refractivity contribution in [2.24, 2.45) is 0 Å². The Morgan fingerprint density at radius 1 is 1.05 bits per heavy atom. The van der Waals surface area contributed by atoms with Crippen LogP contribution in [0.1, 0.15) is 24.1 Å². The van der Waals surface area contributed by atoms with E-state index < -0.39 is 0 Å². The van der Waals surface area contributed by atoms with Crippen LogP contribution in [0.2, 0.25) is 0 Å². The van der Waals surface area contributed by atoms with E-state index in [1.165, 1.54) is 5.56 Å². The average molecular weight is 271 g/mol. The molecule has 1 atom stereocenters. The summed E-state index contributed by atoms with van der Waals surface area (Å²) in [6.07, 6.45) is 0. The average Bonchev–Trinajstić information content (AvgIpc) is 2.46. The van der Waals surface area contributed by atoms with Gasteiger partial charge in [0.05, 0.1) is 12.7 Å². The summed E-state index contributed by atoms with van der Waals surface area (Å²) in [5.74, 6) is 2.48. The van der Waals surface area contributed by atoms with E-state index in [0.717, 1.165) is 22.8 Å². The molecule has 0 amide bonds. The third-order valence-electron chi connectivity index (χ3n) is 3.33. The maximum atomic E-state index is 6.04. The summed E-state index contributed by atoms with van der Waals surface area (Å²) in [6.45, 7) is 4.14. The minimum Gasteiger partial charge on any atom is -0.496 e. The van der Waals surface area contributed by atoms with Gasteiger partial charge in [-0.15, -0.1) is 0 Å². The molecular formula is C17H21NO2. The van der Waals surface area contributed by atoms with Gasteiger partial charge in [-0.3, -0.25) is 0 Å². The Morgan fingerprint density at radius 2 is 1.75 bits per heavy atom. The second-order valence-corrected chi connectivity index (χ2v) is 4.80. The number of ether oxygens (including phenoxy) is 2. The molecule has 3 heteroatoms. The lowest BCUT2D eigenvalue weighted by Gasteiger charge is -2.19. The van der Waals surface area contributed by atoms with Crippen molar-refractivity contribution in [3.63, 3.8) is 0 Å². The van der Waals surface area contributed by atoms with Crippen molar-refractivity contribution < 1.29 is 9.47 Å². The zero-order chi connectivity index (χ0) is 14.5. The van der Waals surface area contributed by atoms with Gasteiger partial charge in [-0.05, 0) is 50.7 Å². The molecule has 0 aliphatic rings. The van der Waals surface area contributed by atoms with Crippen LogP contribution in [0.25, 0.3) is 0 Å². The predicted octanol–water partition coefficient (Wildman–Crippen LogP) is 4.08. The molecule has 20 heavy (non-hydrogen) atoms. The van der Waals surface area contributed by atoms with Gasteiger partial charge in [0.25, 0.3) is 0 Å². The highest BCUT2D eigenvalue weighted by Crippen LogP contribution is 2.36. The van der Waals surface area contributed by atoms with Gasteiger partial charge in [0.2, 0.25) is 0 Å². The molecule has 0 heterocycles. The fourth-order valence-electron chi connectivity index (χ4n) is 2.17. The number of methoxy groups -OCH3 is 1. The van der Waals surface area contributed by atoms with Gasteiger partial charge in [-0.2, -0.15) is 0 Å². The lowest BCUT2D eigenvalue weighted by atomic mass is 10.1. The topological polar surface area (TPSA) is 30.5 Å². The Balaban J connectivity index is 2.40. The molecule has 0 fully saturated rings. The standard InChI is InChI=1S/C17H21NO2/c1-12-7-5-8-14(11-12)20-16-10-6-9-15(19-4)17(16)13(2)18-3/h5-11,13,18H,1-4H3. The van der Waals surface area contributed by atoms with Crippen LogP contribution >= 0.6 is 0 Å². The largest absolute Gasteiger partial charge is 0.496 e. The van der Waals surface area contributed by atoms with Crippen LogP contribution in [-0.2, 0) is 0 Å². The Labute approximate surface area is 120 Å². The van der Waals surface area contributed by atoms with Gasteiger partial charge in [-0.25, -0.2) is 0 Å². The smallest absolute Gasteiger partial charge is 0.135 e. The van der Waals surface area contributed by atoms with Crippen LogP contribution in [0.4, 0.5) is 0 Å². The van der Waals surface area contributed by atoms with E-state index in [1.807, 2.05) is 43.4 Å². The van der Waals surface area contributed by atoms with E-state index in [4.69, 9.17) is 9.47 Å². The number of nitrogens with one attached hydrogen (secondary N) is 1. The lowest BCUT2D eigenvalue weighted by Crippen LogP contribution is -2.14. The Bertz CT molecular complexity index is 581. The van der Waals surface area contributed by atoms with Crippen molar-refractivity contribution in [1.29, 1.82) is 0 Å². The molecular weight excluding hydrogens is 250 g/mol. The molecule has 0 saturated heterocycles. The van der Waals surface area contributed by atoms with Crippen molar-refractivity contribution >= 4 is 0 Å². The summed E-state index contributed by atoms with van der Waals surface area (Å²) >= 11 is 0. The molecule has 106 valence electrons. The zero-order valence-electron chi connectivity index (χ0n) is 12.4. The molecule has 2 aromatic rings. The first kappa shape index (κ1) is 14.4. The zero-order valence-corrected chi connectivity index (χ0v) is 12.4. The van der Waals surface area contributed by atoms with E-state index in [2.05, 4.69) is 25.2 Å². The molecule has 2 rings (SSSR count). The third-order valence-corrected chi connectivity index (χ3v) is 3.33. The van der Waals surface area contributed by atoms with Crippen molar-refractivity contribution in [3.8, 4) is 17.2 Å². The first-order chi connectivity index (χ1) is 9.65. The summed E-state index contributed by atoms with van der Waals surface area (Å²) < 4.78 is 11.5. The number of hydrogen-bond donors (Lipinski definition) is 1. The fourth-order valence-corrected chi connectivity index (χ4v) is 2.17. The van der Waals surface area contributed by atoms with E-state index in [1.54, 1.807) is 7.11 Å². The molecule has 0 saturated carbocycles. The van der Waals surface area contributed by atoms with E-state index in [9.17, 15) is 0 Å². The molecule has 0 bridgehead atoms. The SMILES string of the molecule is CNC(C)c1c(OC)cccc1Oc1cccc(C)c1. The summed E-state index contributed by atoms with van der Waals surface area (Å²) in [5, 5.41) is 3.23. The number of hydrogen-bond acceptors (Lipinski definition) is 3. The third kappa shape index (κ3) is 3.11. The highest BCUT2D eigenvalue weighted by molar-refractivity contribution is 5.48. The Hall–Kier alpha value is -2.00.